The molecule has 4 aliphatic rings. The number of methoxy groups -OCH3 is 1. The molecular weight excluding hydrogens is 468 g/mol. The molecule has 0 heterocycles. The highest BCUT2D eigenvalue weighted by atomic mass is 16.5. The van der Waals surface area contributed by atoms with Crippen molar-refractivity contribution in [3.63, 3.8) is 0 Å². The number of hydrogen-bond acceptors (Lipinski definition) is 3. The fourth-order valence-corrected chi connectivity index (χ4v) is 8.24. The Morgan fingerprint density at radius 3 is 2.11 bits per heavy atom. The molecule has 0 aromatic heterocycles. The summed E-state index contributed by atoms with van der Waals surface area (Å²) in [5.41, 5.74) is 4.64. The summed E-state index contributed by atoms with van der Waals surface area (Å²) in [6.45, 7) is 3.09. The average molecular weight is 511 g/mol. The summed E-state index contributed by atoms with van der Waals surface area (Å²) in [6, 6.07) is 19.3. The van der Waals surface area contributed by atoms with Crippen LogP contribution in [0.3, 0.4) is 0 Å². The third-order valence-electron chi connectivity index (χ3n) is 9.69. The molecule has 200 valence electrons. The molecule has 0 N–H and O–H groups in total. The number of esters is 1. The van der Waals surface area contributed by atoms with Crippen molar-refractivity contribution in [3.8, 4) is 16.9 Å². The summed E-state index contributed by atoms with van der Waals surface area (Å²) < 4.78 is 11.5. The monoisotopic (exact) mass is 510 g/mol. The van der Waals surface area contributed by atoms with Gasteiger partial charge in [-0.1, -0.05) is 56.9 Å². The summed E-state index contributed by atoms with van der Waals surface area (Å²) in [4.78, 5) is 11.9. The molecule has 0 saturated heterocycles. The molecule has 0 atom stereocenters. The molecule has 0 spiro atoms. The second kappa shape index (κ2) is 10.8. The fraction of sp³-hybridized carbons (Fsp3) is 0.514. The second-order valence-corrected chi connectivity index (χ2v) is 12.4. The van der Waals surface area contributed by atoms with Crippen LogP contribution in [0.15, 0.2) is 54.6 Å². The van der Waals surface area contributed by atoms with Crippen molar-refractivity contribution in [1.29, 1.82) is 0 Å². The van der Waals surface area contributed by atoms with Gasteiger partial charge >= 0.3 is 5.97 Å². The Balaban J connectivity index is 1.33. The predicted octanol–water partition coefficient (Wildman–Crippen LogP) is 9.11. The van der Waals surface area contributed by atoms with E-state index in [4.69, 9.17) is 9.47 Å². The summed E-state index contributed by atoms with van der Waals surface area (Å²) in [5.74, 6) is 3.55. The number of rotatable bonds is 10. The zero-order chi connectivity index (χ0) is 26.1. The van der Waals surface area contributed by atoms with Crippen LogP contribution in [0.1, 0.15) is 93.5 Å². The van der Waals surface area contributed by atoms with E-state index < -0.39 is 0 Å². The van der Waals surface area contributed by atoms with Crippen molar-refractivity contribution in [2.45, 2.75) is 83.0 Å². The van der Waals surface area contributed by atoms with Gasteiger partial charge in [0.1, 0.15) is 5.75 Å². The highest BCUT2D eigenvalue weighted by Gasteiger charge is 2.52. The zero-order valence-electron chi connectivity index (χ0n) is 23.1. The van der Waals surface area contributed by atoms with Gasteiger partial charge in [0.15, 0.2) is 0 Å². The molecule has 0 radical (unpaired) electrons. The second-order valence-electron chi connectivity index (χ2n) is 12.4. The van der Waals surface area contributed by atoms with Crippen LogP contribution in [0.2, 0.25) is 0 Å². The summed E-state index contributed by atoms with van der Waals surface area (Å²) in [7, 11) is 1.42. The molecule has 0 unspecified atom stereocenters. The lowest BCUT2D eigenvalue weighted by molar-refractivity contribution is -0.00633. The predicted molar refractivity (Wildman–Crippen MR) is 155 cm³/mol. The lowest BCUT2D eigenvalue weighted by Gasteiger charge is -2.57. The zero-order valence-corrected chi connectivity index (χ0v) is 23.1. The van der Waals surface area contributed by atoms with E-state index in [-0.39, 0.29) is 5.97 Å². The Labute approximate surface area is 227 Å². The molecule has 4 saturated carbocycles. The van der Waals surface area contributed by atoms with Gasteiger partial charge in [-0.05, 0) is 120 Å². The van der Waals surface area contributed by atoms with Gasteiger partial charge in [0.05, 0.1) is 19.3 Å². The number of carbonyl (C=O) groups is 1. The van der Waals surface area contributed by atoms with Crippen molar-refractivity contribution >= 4 is 16.7 Å². The maximum absolute atomic E-state index is 11.9. The van der Waals surface area contributed by atoms with E-state index in [9.17, 15) is 4.79 Å². The normalized spacial score (nSPS) is 25.6. The maximum Gasteiger partial charge on any atom is 0.337 e. The van der Waals surface area contributed by atoms with Gasteiger partial charge in [-0.25, -0.2) is 4.79 Å². The maximum atomic E-state index is 11.9. The third-order valence-corrected chi connectivity index (χ3v) is 9.69. The lowest BCUT2D eigenvalue weighted by Crippen LogP contribution is -2.48. The van der Waals surface area contributed by atoms with E-state index in [2.05, 4.69) is 37.3 Å². The first kappa shape index (κ1) is 25.5. The van der Waals surface area contributed by atoms with Gasteiger partial charge < -0.3 is 9.47 Å². The van der Waals surface area contributed by atoms with E-state index in [1.165, 1.54) is 93.2 Å². The lowest BCUT2D eigenvalue weighted by atomic mass is 9.48. The Morgan fingerprint density at radius 1 is 0.789 bits per heavy atom. The molecule has 3 aromatic carbocycles. The van der Waals surface area contributed by atoms with Crippen molar-refractivity contribution in [1.82, 2.24) is 0 Å². The molecular formula is C35H42O3. The first-order valence-electron chi connectivity index (χ1n) is 15.0. The van der Waals surface area contributed by atoms with Crippen LogP contribution in [0, 0.1) is 17.8 Å². The van der Waals surface area contributed by atoms with E-state index in [1.54, 1.807) is 0 Å². The highest BCUT2D eigenvalue weighted by Crippen LogP contribution is 2.62. The number of ether oxygens (including phenoxy) is 2. The minimum atomic E-state index is -0.298. The Hall–Kier alpha value is -2.81. The smallest absolute Gasteiger partial charge is 0.337 e. The third kappa shape index (κ3) is 4.97. The van der Waals surface area contributed by atoms with Gasteiger partial charge in [-0.2, -0.15) is 0 Å². The van der Waals surface area contributed by atoms with E-state index in [1.807, 2.05) is 24.3 Å². The van der Waals surface area contributed by atoms with E-state index >= 15 is 0 Å². The van der Waals surface area contributed by atoms with Crippen LogP contribution in [0.25, 0.3) is 21.9 Å². The molecule has 7 rings (SSSR count). The van der Waals surface area contributed by atoms with Crippen LogP contribution in [0.5, 0.6) is 5.75 Å². The molecule has 4 bridgehead atoms. The Kier molecular flexibility index (Phi) is 7.20. The van der Waals surface area contributed by atoms with Crippen LogP contribution in [-0.4, -0.2) is 19.7 Å². The number of hydrogen-bond donors (Lipinski definition) is 0. The molecule has 38 heavy (non-hydrogen) atoms. The topological polar surface area (TPSA) is 35.5 Å². The molecule has 4 aliphatic carbocycles. The van der Waals surface area contributed by atoms with Gasteiger partial charge in [0.25, 0.3) is 0 Å². The summed E-state index contributed by atoms with van der Waals surface area (Å²) in [6.07, 6.45) is 14.7. The number of unbranched alkanes of at least 4 members (excludes halogenated alkanes) is 4. The van der Waals surface area contributed by atoms with Crippen molar-refractivity contribution in [2.24, 2.45) is 17.8 Å². The largest absolute Gasteiger partial charge is 0.493 e. The fourth-order valence-electron chi connectivity index (χ4n) is 8.24. The van der Waals surface area contributed by atoms with Gasteiger partial charge in [-0.3, -0.25) is 0 Å². The average Bonchev–Trinajstić information content (AvgIpc) is 2.93. The Morgan fingerprint density at radius 2 is 1.45 bits per heavy atom. The highest BCUT2D eigenvalue weighted by molar-refractivity contribution is 5.92. The number of carbonyl (C=O) groups excluding carboxylic acids is 1. The quantitative estimate of drug-likeness (QED) is 0.201. The molecule has 0 aliphatic heterocycles. The molecule has 3 nitrogen and oxygen atoms in total. The SMILES string of the molecule is CCCCCCCOc1cc2ccc(-c3ccc(C(=O)OC)cc3)cc2cc1C12CC3CC(CC(C3)C1)C2. The van der Waals surface area contributed by atoms with Crippen LogP contribution >= 0.6 is 0 Å². The van der Waals surface area contributed by atoms with Crippen LogP contribution < -0.4 is 4.74 Å². The van der Waals surface area contributed by atoms with Crippen molar-refractivity contribution < 1.29 is 14.3 Å². The minimum absolute atomic E-state index is 0.290. The van der Waals surface area contributed by atoms with Gasteiger partial charge in [0.2, 0.25) is 0 Å². The summed E-state index contributed by atoms with van der Waals surface area (Å²) in [5, 5.41) is 2.54. The minimum Gasteiger partial charge on any atom is -0.493 e. The van der Waals surface area contributed by atoms with Crippen LogP contribution in [-0.2, 0) is 10.2 Å². The first-order chi connectivity index (χ1) is 18.6. The number of benzene rings is 3. The first-order valence-corrected chi connectivity index (χ1v) is 15.0. The molecule has 3 heteroatoms. The van der Waals surface area contributed by atoms with E-state index in [0.29, 0.717) is 11.0 Å². The van der Waals surface area contributed by atoms with Crippen molar-refractivity contribution in [2.75, 3.05) is 13.7 Å². The van der Waals surface area contributed by atoms with Gasteiger partial charge in [-0.15, -0.1) is 0 Å². The van der Waals surface area contributed by atoms with Crippen molar-refractivity contribution in [3.05, 3.63) is 65.7 Å². The van der Waals surface area contributed by atoms with E-state index in [0.717, 1.165) is 42.1 Å². The molecule has 4 fully saturated rings. The molecule has 3 aromatic rings. The van der Waals surface area contributed by atoms with Crippen LogP contribution in [0.4, 0.5) is 0 Å². The molecule has 0 amide bonds. The number of fused-ring (bicyclic) bond motifs is 1. The Bertz CT molecular complexity index is 1250. The van der Waals surface area contributed by atoms with Gasteiger partial charge in [0, 0.05) is 5.56 Å². The summed E-state index contributed by atoms with van der Waals surface area (Å²) >= 11 is 0. The standard InChI is InChI=1S/C35H42O3/c1-3-4-5-6-7-14-38-33-20-30-13-12-29(27-8-10-28(11-9-27)34(36)37-2)18-31(30)19-32(33)35-21-24-15-25(22-35)17-26(16-24)23-35/h8-13,18-20,24-26H,3-7,14-17,21-23H2,1-2H3.